The third-order valence-corrected chi connectivity index (χ3v) is 4.11. The molecule has 0 aromatic heterocycles. The standard InChI is InChI=1S/C16H25NO2/c1-11-8-9-12(2)17(10-11)14-6-5-7-15(19-4)16(14)13(3)18/h5-7,11-13,18H,8-10H2,1-4H3/t11?,12?,13-/m0/s1. The Balaban J connectivity index is 2.43. The smallest absolute Gasteiger partial charge is 0.126 e. The molecular formula is C16H25NO2. The molecule has 1 heterocycles. The Morgan fingerprint density at radius 1 is 1.32 bits per heavy atom. The van der Waals surface area contributed by atoms with Gasteiger partial charge in [-0.15, -0.1) is 0 Å². The van der Waals surface area contributed by atoms with Gasteiger partial charge in [-0.3, -0.25) is 0 Å². The molecule has 0 saturated carbocycles. The first-order valence-corrected chi connectivity index (χ1v) is 7.16. The van der Waals surface area contributed by atoms with E-state index in [0.717, 1.165) is 23.5 Å². The van der Waals surface area contributed by atoms with Gasteiger partial charge in [-0.2, -0.15) is 0 Å². The second-order valence-corrected chi connectivity index (χ2v) is 5.75. The van der Waals surface area contributed by atoms with Gasteiger partial charge in [0.05, 0.1) is 13.2 Å². The zero-order valence-corrected chi connectivity index (χ0v) is 12.4. The lowest BCUT2D eigenvalue weighted by molar-refractivity contribution is 0.194. The largest absolute Gasteiger partial charge is 0.496 e. The summed E-state index contributed by atoms with van der Waals surface area (Å²) < 4.78 is 5.41. The van der Waals surface area contributed by atoms with Gasteiger partial charge in [-0.05, 0) is 44.7 Å². The Morgan fingerprint density at radius 2 is 2.05 bits per heavy atom. The van der Waals surface area contributed by atoms with Crippen molar-refractivity contribution in [3.63, 3.8) is 0 Å². The van der Waals surface area contributed by atoms with Gasteiger partial charge in [0, 0.05) is 23.8 Å². The predicted molar refractivity (Wildman–Crippen MR) is 78.8 cm³/mol. The molecule has 2 unspecified atom stereocenters. The lowest BCUT2D eigenvalue weighted by Gasteiger charge is -2.40. The summed E-state index contributed by atoms with van der Waals surface area (Å²) in [5.41, 5.74) is 2.03. The van der Waals surface area contributed by atoms with Gasteiger partial charge in [0.1, 0.15) is 5.75 Å². The van der Waals surface area contributed by atoms with Crippen LogP contribution < -0.4 is 9.64 Å². The molecule has 1 aliphatic heterocycles. The lowest BCUT2D eigenvalue weighted by Crippen LogP contribution is -2.41. The molecule has 1 aliphatic rings. The molecular weight excluding hydrogens is 238 g/mol. The fourth-order valence-corrected chi connectivity index (χ4v) is 3.01. The average molecular weight is 263 g/mol. The van der Waals surface area contributed by atoms with E-state index in [2.05, 4.69) is 24.8 Å². The van der Waals surface area contributed by atoms with Crippen LogP contribution in [0.5, 0.6) is 5.75 Å². The van der Waals surface area contributed by atoms with E-state index < -0.39 is 6.10 Å². The number of anilines is 1. The molecule has 1 fully saturated rings. The van der Waals surface area contributed by atoms with Crippen LogP contribution in [0.25, 0.3) is 0 Å². The van der Waals surface area contributed by atoms with E-state index >= 15 is 0 Å². The van der Waals surface area contributed by atoms with Crippen LogP contribution in [0.1, 0.15) is 45.3 Å². The highest BCUT2D eigenvalue weighted by atomic mass is 16.5. The van der Waals surface area contributed by atoms with Crippen molar-refractivity contribution in [2.45, 2.75) is 45.8 Å². The SMILES string of the molecule is COc1cccc(N2CC(C)CCC2C)c1[C@H](C)O. The zero-order valence-electron chi connectivity index (χ0n) is 12.4. The molecule has 3 atom stereocenters. The molecule has 1 aromatic rings. The number of methoxy groups -OCH3 is 1. The zero-order chi connectivity index (χ0) is 14.0. The van der Waals surface area contributed by atoms with Gasteiger partial charge in [0.2, 0.25) is 0 Å². The summed E-state index contributed by atoms with van der Waals surface area (Å²) in [6.45, 7) is 7.41. The summed E-state index contributed by atoms with van der Waals surface area (Å²) in [6, 6.07) is 6.54. The molecule has 1 N–H and O–H groups in total. The van der Waals surface area contributed by atoms with Crippen molar-refractivity contribution in [1.29, 1.82) is 0 Å². The molecule has 2 rings (SSSR count). The number of hydrogen-bond acceptors (Lipinski definition) is 3. The molecule has 106 valence electrons. The maximum atomic E-state index is 10.1. The number of aliphatic hydroxyl groups excluding tert-OH is 1. The maximum Gasteiger partial charge on any atom is 0.126 e. The minimum atomic E-state index is -0.518. The second kappa shape index (κ2) is 5.83. The number of aliphatic hydroxyl groups is 1. The van der Waals surface area contributed by atoms with E-state index in [1.165, 1.54) is 12.8 Å². The van der Waals surface area contributed by atoms with Crippen molar-refractivity contribution in [2.24, 2.45) is 5.92 Å². The van der Waals surface area contributed by atoms with E-state index in [9.17, 15) is 5.11 Å². The highest BCUT2D eigenvalue weighted by molar-refractivity contribution is 5.61. The minimum absolute atomic E-state index is 0.515. The molecule has 1 saturated heterocycles. The van der Waals surface area contributed by atoms with Gasteiger partial charge >= 0.3 is 0 Å². The van der Waals surface area contributed by atoms with Gasteiger partial charge in [0.15, 0.2) is 0 Å². The Morgan fingerprint density at radius 3 is 2.68 bits per heavy atom. The van der Waals surface area contributed by atoms with Crippen molar-refractivity contribution < 1.29 is 9.84 Å². The normalized spacial score (nSPS) is 25.2. The van der Waals surface area contributed by atoms with E-state index in [0.29, 0.717) is 12.0 Å². The molecule has 0 bridgehead atoms. The third kappa shape index (κ3) is 2.86. The summed E-state index contributed by atoms with van der Waals surface area (Å²) in [6.07, 6.45) is 1.97. The number of rotatable bonds is 3. The summed E-state index contributed by atoms with van der Waals surface area (Å²) in [7, 11) is 1.66. The summed E-state index contributed by atoms with van der Waals surface area (Å²) in [5, 5.41) is 10.1. The first-order chi connectivity index (χ1) is 9.04. The van der Waals surface area contributed by atoms with Crippen molar-refractivity contribution >= 4 is 5.69 Å². The molecule has 3 heteroatoms. The van der Waals surface area contributed by atoms with Crippen molar-refractivity contribution in [3.05, 3.63) is 23.8 Å². The number of benzene rings is 1. The molecule has 0 radical (unpaired) electrons. The van der Waals surface area contributed by atoms with Crippen LogP contribution in [0, 0.1) is 5.92 Å². The van der Waals surface area contributed by atoms with E-state index in [4.69, 9.17) is 4.74 Å². The maximum absolute atomic E-state index is 10.1. The fourth-order valence-electron chi connectivity index (χ4n) is 3.01. The number of ether oxygens (including phenoxy) is 1. The van der Waals surface area contributed by atoms with Crippen LogP contribution >= 0.6 is 0 Å². The van der Waals surface area contributed by atoms with Crippen molar-refractivity contribution in [3.8, 4) is 5.75 Å². The molecule has 1 aromatic carbocycles. The van der Waals surface area contributed by atoms with Gasteiger partial charge < -0.3 is 14.7 Å². The molecule has 3 nitrogen and oxygen atoms in total. The van der Waals surface area contributed by atoms with Gasteiger partial charge in [0.25, 0.3) is 0 Å². The first-order valence-electron chi connectivity index (χ1n) is 7.16. The Labute approximate surface area is 116 Å². The van der Waals surface area contributed by atoms with Crippen LogP contribution in [0.3, 0.4) is 0 Å². The van der Waals surface area contributed by atoms with E-state index in [-0.39, 0.29) is 0 Å². The first kappa shape index (κ1) is 14.2. The molecule has 0 amide bonds. The predicted octanol–water partition coefficient (Wildman–Crippen LogP) is 3.37. The summed E-state index contributed by atoms with van der Waals surface area (Å²) in [4.78, 5) is 2.42. The molecule has 19 heavy (non-hydrogen) atoms. The minimum Gasteiger partial charge on any atom is -0.496 e. The van der Waals surface area contributed by atoms with Gasteiger partial charge in [-0.25, -0.2) is 0 Å². The lowest BCUT2D eigenvalue weighted by atomic mass is 9.93. The number of nitrogens with zero attached hydrogens (tertiary/aromatic N) is 1. The van der Waals surface area contributed by atoms with E-state index in [1.807, 2.05) is 12.1 Å². The van der Waals surface area contributed by atoms with Crippen LogP contribution in [-0.2, 0) is 0 Å². The summed E-state index contributed by atoms with van der Waals surface area (Å²) >= 11 is 0. The van der Waals surface area contributed by atoms with Crippen LogP contribution in [0.15, 0.2) is 18.2 Å². The Hall–Kier alpha value is -1.22. The second-order valence-electron chi connectivity index (χ2n) is 5.75. The van der Waals surface area contributed by atoms with Crippen LogP contribution in [-0.4, -0.2) is 24.8 Å². The topological polar surface area (TPSA) is 32.7 Å². The van der Waals surface area contributed by atoms with E-state index in [1.54, 1.807) is 14.0 Å². The van der Waals surface area contributed by atoms with Crippen LogP contribution in [0.2, 0.25) is 0 Å². The Bertz CT molecular complexity index is 431. The highest BCUT2D eigenvalue weighted by Crippen LogP contribution is 2.37. The number of hydrogen-bond donors (Lipinski definition) is 1. The number of piperidine rings is 1. The fraction of sp³-hybridized carbons (Fsp3) is 0.625. The van der Waals surface area contributed by atoms with Gasteiger partial charge in [-0.1, -0.05) is 13.0 Å². The average Bonchev–Trinajstić information content (AvgIpc) is 2.40. The van der Waals surface area contributed by atoms with Crippen molar-refractivity contribution in [1.82, 2.24) is 0 Å². The van der Waals surface area contributed by atoms with Crippen LogP contribution in [0.4, 0.5) is 5.69 Å². The highest BCUT2D eigenvalue weighted by Gasteiger charge is 2.27. The Kier molecular flexibility index (Phi) is 4.35. The monoisotopic (exact) mass is 263 g/mol. The third-order valence-electron chi connectivity index (χ3n) is 4.11. The summed E-state index contributed by atoms with van der Waals surface area (Å²) in [5.74, 6) is 1.47. The van der Waals surface area contributed by atoms with Crippen molar-refractivity contribution in [2.75, 3.05) is 18.6 Å². The molecule has 0 spiro atoms. The quantitative estimate of drug-likeness (QED) is 0.907. The molecule has 0 aliphatic carbocycles.